The molecule has 0 heterocycles. The molecule has 0 aliphatic heterocycles. The number of nitrogens with two attached hydrogens (primary N) is 2. The lowest BCUT2D eigenvalue weighted by Gasteiger charge is -2.11. The zero-order valence-electron chi connectivity index (χ0n) is 8.09. The maximum absolute atomic E-state index is 5.36. The summed E-state index contributed by atoms with van der Waals surface area (Å²) in [5, 5.41) is 3.06. The Hall–Kier alpha value is -1.14. The molecular formula is C9H17N5. The molecule has 0 fully saturated rings. The maximum atomic E-state index is 5.36. The van der Waals surface area contributed by atoms with Gasteiger partial charge >= 0.3 is 0 Å². The van der Waals surface area contributed by atoms with Crippen LogP contribution in [0, 0.1) is 0 Å². The Bertz CT molecular complexity index is 236. The number of rotatable bonds is 6. The van der Waals surface area contributed by atoms with E-state index < -0.39 is 0 Å². The summed E-state index contributed by atoms with van der Waals surface area (Å²) in [5.74, 6) is 0. The van der Waals surface area contributed by atoms with Crippen molar-refractivity contribution in [1.82, 2.24) is 10.7 Å². The molecule has 1 rings (SSSR count). The van der Waals surface area contributed by atoms with Crippen molar-refractivity contribution in [3.63, 3.8) is 0 Å². The van der Waals surface area contributed by atoms with Crippen LogP contribution in [0.5, 0.6) is 0 Å². The van der Waals surface area contributed by atoms with Gasteiger partial charge in [-0.2, -0.15) is 0 Å². The van der Waals surface area contributed by atoms with Gasteiger partial charge in [0, 0.05) is 13.2 Å². The summed E-state index contributed by atoms with van der Waals surface area (Å²) in [6.45, 7) is 1.60. The van der Waals surface area contributed by atoms with Crippen molar-refractivity contribution in [3.05, 3.63) is 29.8 Å². The van der Waals surface area contributed by atoms with Gasteiger partial charge in [0.15, 0.2) is 0 Å². The van der Waals surface area contributed by atoms with Gasteiger partial charge in [-0.25, -0.2) is 5.43 Å². The third-order valence-electron chi connectivity index (χ3n) is 1.80. The molecule has 0 radical (unpaired) electrons. The summed E-state index contributed by atoms with van der Waals surface area (Å²) in [6, 6.07) is 7.97. The molecule has 0 atom stereocenters. The van der Waals surface area contributed by atoms with Crippen molar-refractivity contribution >= 4 is 5.69 Å². The van der Waals surface area contributed by atoms with Crippen molar-refractivity contribution in [2.75, 3.05) is 18.8 Å². The van der Waals surface area contributed by atoms with Crippen LogP contribution >= 0.6 is 0 Å². The summed E-state index contributed by atoms with van der Waals surface area (Å²) in [7, 11) is 0. The van der Waals surface area contributed by atoms with Crippen LogP contribution in [0.3, 0.4) is 0 Å². The summed E-state index contributed by atoms with van der Waals surface area (Å²) in [5.41, 5.74) is 18.7. The first kappa shape index (κ1) is 10.9. The molecule has 5 nitrogen and oxygen atoms in total. The highest BCUT2D eigenvalue weighted by molar-refractivity contribution is 5.50. The van der Waals surface area contributed by atoms with Crippen molar-refractivity contribution < 1.29 is 0 Å². The molecule has 14 heavy (non-hydrogen) atoms. The first-order valence-electron chi connectivity index (χ1n) is 4.56. The molecule has 7 N–H and O–H groups in total. The number of hydrogen-bond acceptors (Lipinski definition) is 5. The molecule has 78 valence electrons. The largest absolute Gasteiger partial charge is 0.320 e. The van der Waals surface area contributed by atoms with Gasteiger partial charge in [-0.3, -0.25) is 0 Å². The van der Waals surface area contributed by atoms with Crippen LogP contribution in [0.1, 0.15) is 5.56 Å². The lowest BCUT2D eigenvalue weighted by molar-refractivity contribution is 0.707. The smallest absolute Gasteiger partial charge is 0.0613 e. The molecule has 0 aliphatic carbocycles. The highest BCUT2D eigenvalue weighted by Gasteiger charge is 1.98. The predicted octanol–water partition coefficient (Wildman–Crippen LogP) is -0.475. The van der Waals surface area contributed by atoms with Gasteiger partial charge in [0.25, 0.3) is 0 Å². The van der Waals surface area contributed by atoms with Crippen molar-refractivity contribution in [1.29, 1.82) is 0 Å². The highest BCUT2D eigenvalue weighted by Crippen LogP contribution is 2.12. The Balaban J connectivity index is 2.60. The summed E-state index contributed by atoms with van der Waals surface area (Å²) in [4.78, 5) is 0. The van der Waals surface area contributed by atoms with E-state index in [0.29, 0.717) is 13.3 Å². The molecule has 1 aromatic carbocycles. The van der Waals surface area contributed by atoms with E-state index in [4.69, 9.17) is 11.5 Å². The Kier molecular flexibility index (Phi) is 4.95. The SMILES string of the molecule is NCNCc1ccccc1NNCN. The monoisotopic (exact) mass is 195 g/mol. The van der Waals surface area contributed by atoms with Gasteiger partial charge in [-0.05, 0) is 11.6 Å². The van der Waals surface area contributed by atoms with Crippen LogP contribution in [0.4, 0.5) is 5.69 Å². The van der Waals surface area contributed by atoms with Gasteiger partial charge in [-0.15, -0.1) is 0 Å². The van der Waals surface area contributed by atoms with E-state index in [1.807, 2.05) is 24.3 Å². The van der Waals surface area contributed by atoms with E-state index in [0.717, 1.165) is 17.8 Å². The molecule has 0 amide bonds. The Morgan fingerprint density at radius 2 is 1.86 bits per heavy atom. The van der Waals surface area contributed by atoms with Crippen molar-refractivity contribution in [3.8, 4) is 0 Å². The normalized spacial score (nSPS) is 10.1. The Morgan fingerprint density at radius 3 is 2.57 bits per heavy atom. The zero-order valence-corrected chi connectivity index (χ0v) is 8.09. The first-order valence-corrected chi connectivity index (χ1v) is 4.56. The number of nitrogens with one attached hydrogen (secondary N) is 3. The van der Waals surface area contributed by atoms with Crippen LogP contribution in [-0.2, 0) is 6.54 Å². The van der Waals surface area contributed by atoms with Crippen molar-refractivity contribution in [2.24, 2.45) is 11.5 Å². The second-order valence-electron chi connectivity index (χ2n) is 2.79. The predicted molar refractivity (Wildman–Crippen MR) is 58.1 cm³/mol. The number of anilines is 1. The third-order valence-corrected chi connectivity index (χ3v) is 1.80. The van der Waals surface area contributed by atoms with E-state index >= 15 is 0 Å². The van der Waals surface area contributed by atoms with E-state index in [1.54, 1.807) is 0 Å². The molecule has 5 heteroatoms. The average molecular weight is 195 g/mol. The molecular weight excluding hydrogens is 178 g/mol. The van der Waals surface area contributed by atoms with Crippen molar-refractivity contribution in [2.45, 2.75) is 6.54 Å². The standard InChI is InChI=1S/C9H17N5/c10-6-12-5-8-3-1-2-4-9(8)14-13-7-11/h1-4,12-14H,5-7,10-11H2. The second kappa shape index (κ2) is 6.33. The quantitative estimate of drug-likeness (QED) is 0.313. The lowest BCUT2D eigenvalue weighted by Crippen LogP contribution is -2.29. The van der Waals surface area contributed by atoms with Gasteiger partial charge < -0.3 is 22.2 Å². The number of hydrogen-bond donors (Lipinski definition) is 5. The average Bonchev–Trinajstić information content (AvgIpc) is 2.24. The molecule has 0 saturated carbocycles. The second-order valence-corrected chi connectivity index (χ2v) is 2.79. The molecule has 0 aromatic heterocycles. The van der Waals surface area contributed by atoms with Crippen LogP contribution in [0.25, 0.3) is 0 Å². The molecule has 0 unspecified atom stereocenters. The lowest BCUT2D eigenvalue weighted by atomic mass is 10.2. The van der Waals surface area contributed by atoms with Crippen LogP contribution < -0.4 is 27.6 Å². The maximum Gasteiger partial charge on any atom is 0.0613 e. The fourth-order valence-corrected chi connectivity index (χ4v) is 1.15. The van der Waals surface area contributed by atoms with E-state index in [2.05, 4.69) is 16.2 Å². The number of para-hydroxylation sites is 1. The van der Waals surface area contributed by atoms with Gasteiger partial charge in [0.05, 0.1) is 12.4 Å². The topological polar surface area (TPSA) is 88.1 Å². The molecule has 0 aliphatic rings. The van der Waals surface area contributed by atoms with Gasteiger partial charge in [0.2, 0.25) is 0 Å². The van der Waals surface area contributed by atoms with Gasteiger partial charge in [-0.1, -0.05) is 18.2 Å². The summed E-state index contributed by atoms with van der Waals surface area (Å²) >= 11 is 0. The number of benzene rings is 1. The first-order chi connectivity index (χ1) is 6.88. The number of hydrazine groups is 1. The highest BCUT2D eigenvalue weighted by atomic mass is 15.4. The van der Waals surface area contributed by atoms with E-state index in [-0.39, 0.29) is 0 Å². The minimum absolute atomic E-state index is 0.388. The minimum Gasteiger partial charge on any atom is -0.320 e. The van der Waals surface area contributed by atoms with E-state index in [9.17, 15) is 0 Å². The summed E-state index contributed by atoms with van der Waals surface area (Å²) < 4.78 is 0. The fraction of sp³-hybridized carbons (Fsp3) is 0.333. The zero-order chi connectivity index (χ0) is 10.2. The van der Waals surface area contributed by atoms with E-state index in [1.165, 1.54) is 0 Å². The molecule has 1 aromatic rings. The Labute approximate surface area is 83.8 Å². The molecule has 0 bridgehead atoms. The van der Waals surface area contributed by atoms with Gasteiger partial charge in [0.1, 0.15) is 0 Å². The third kappa shape index (κ3) is 3.31. The molecule has 0 spiro atoms. The van der Waals surface area contributed by atoms with Crippen LogP contribution in [-0.4, -0.2) is 13.3 Å². The minimum atomic E-state index is 0.388. The molecule has 0 saturated heterocycles. The van der Waals surface area contributed by atoms with Crippen LogP contribution in [0.15, 0.2) is 24.3 Å². The van der Waals surface area contributed by atoms with Crippen LogP contribution in [0.2, 0.25) is 0 Å². The summed E-state index contributed by atoms with van der Waals surface area (Å²) in [6.07, 6.45) is 0. The fourth-order valence-electron chi connectivity index (χ4n) is 1.15. The Morgan fingerprint density at radius 1 is 1.07 bits per heavy atom.